The molecule has 0 fully saturated rings. The van der Waals surface area contributed by atoms with Gasteiger partial charge in [0.05, 0.1) is 13.3 Å². The Labute approximate surface area is 132 Å². The number of hydrogen-bond donors (Lipinski definition) is 4. The van der Waals surface area contributed by atoms with Crippen molar-refractivity contribution in [3.05, 3.63) is 45.4 Å². The van der Waals surface area contributed by atoms with Crippen molar-refractivity contribution in [2.45, 2.75) is 19.8 Å². The Morgan fingerprint density at radius 2 is 2.22 bits per heavy atom. The van der Waals surface area contributed by atoms with Crippen LogP contribution in [0.25, 0.3) is 0 Å². The molecule has 23 heavy (non-hydrogen) atoms. The summed E-state index contributed by atoms with van der Waals surface area (Å²) in [5, 5.41) is 18.5. The van der Waals surface area contributed by atoms with Crippen molar-refractivity contribution in [2.75, 3.05) is 7.11 Å². The van der Waals surface area contributed by atoms with E-state index in [0.717, 1.165) is 5.69 Å². The lowest BCUT2D eigenvalue weighted by atomic mass is 10.1. The maximum atomic E-state index is 11.7. The lowest BCUT2D eigenvalue weighted by Crippen LogP contribution is -2.19. The molecular weight excluding hydrogens is 300 g/mol. The molecule has 0 aliphatic rings. The fourth-order valence-corrected chi connectivity index (χ4v) is 2.02. The van der Waals surface area contributed by atoms with Crippen LogP contribution in [0.4, 0.5) is 0 Å². The molecule has 1 heterocycles. The molecule has 4 N–H and O–H groups in total. The van der Waals surface area contributed by atoms with E-state index in [4.69, 9.17) is 4.74 Å². The number of phenolic OH excluding ortho intramolecular Hbond substituents is 1. The number of aryl methyl sites for hydroxylation is 1. The van der Waals surface area contributed by atoms with E-state index in [9.17, 15) is 14.7 Å². The van der Waals surface area contributed by atoms with E-state index in [1.54, 1.807) is 19.1 Å². The summed E-state index contributed by atoms with van der Waals surface area (Å²) in [5.74, 6) is 0.0511. The number of benzene rings is 1. The number of phenols is 1. The molecule has 1 aromatic carbocycles. The van der Waals surface area contributed by atoms with Crippen molar-refractivity contribution in [3.8, 4) is 11.5 Å². The Morgan fingerprint density at radius 3 is 2.87 bits per heavy atom. The number of amides is 1. The van der Waals surface area contributed by atoms with Crippen LogP contribution in [0.15, 0.2) is 28.1 Å². The highest BCUT2D eigenvalue weighted by Crippen LogP contribution is 2.25. The first-order valence-electron chi connectivity index (χ1n) is 6.96. The summed E-state index contributed by atoms with van der Waals surface area (Å²) >= 11 is 0. The number of rotatable bonds is 6. The van der Waals surface area contributed by atoms with Crippen molar-refractivity contribution in [1.82, 2.24) is 15.6 Å². The zero-order valence-electron chi connectivity index (χ0n) is 12.8. The molecule has 0 saturated heterocycles. The van der Waals surface area contributed by atoms with Crippen molar-refractivity contribution in [1.29, 1.82) is 0 Å². The lowest BCUT2D eigenvalue weighted by Gasteiger charge is -2.03. The van der Waals surface area contributed by atoms with Gasteiger partial charge in [-0.05, 0) is 37.1 Å². The number of nitrogens with one attached hydrogen (secondary N) is 3. The van der Waals surface area contributed by atoms with E-state index in [0.29, 0.717) is 23.3 Å². The van der Waals surface area contributed by atoms with Gasteiger partial charge in [-0.25, -0.2) is 5.43 Å². The molecule has 2 rings (SSSR count). The predicted octanol–water partition coefficient (Wildman–Crippen LogP) is 0.809. The van der Waals surface area contributed by atoms with Crippen LogP contribution in [0, 0.1) is 6.92 Å². The number of aromatic nitrogens is 2. The molecule has 0 atom stereocenters. The standard InChI is InChI=1S/C15H18N4O4/c1-9-11(15(22)19-17-9)4-6-14(21)18-16-8-10-3-5-12(20)13(7-10)23-2/h3,5,7-8,20H,4,6H2,1-2H3,(H,18,21)(H2,17,19,22). The summed E-state index contributed by atoms with van der Waals surface area (Å²) in [6.07, 6.45) is 1.92. The van der Waals surface area contributed by atoms with Crippen LogP contribution >= 0.6 is 0 Å². The highest BCUT2D eigenvalue weighted by atomic mass is 16.5. The smallest absolute Gasteiger partial charge is 0.267 e. The minimum Gasteiger partial charge on any atom is -0.504 e. The van der Waals surface area contributed by atoms with Crippen molar-refractivity contribution in [2.24, 2.45) is 5.10 Å². The van der Waals surface area contributed by atoms with Gasteiger partial charge < -0.3 is 14.9 Å². The number of aromatic amines is 2. The third kappa shape index (κ3) is 4.22. The number of carbonyl (C=O) groups excluding carboxylic acids is 1. The highest BCUT2D eigenvalue weighted by Gasteiger charge is 2.08. The van der Waals surface area contributed by atoms with Crippen molar-refractivity contribution >= 4 is 12.1 Å². The van der Waals surface area contributed by atoms with Gasteiger partial charge in [0.2, 0.25) is 5.91 Å². The first-order valence-corrected chi connectivity index (χ1v) is 6.96. The molecular formula is C15H18N4O4. The Morgan fingerprint density at radius 1 is 1.43 bits per heavy atom. The van der Waals surface area contributed by atoms with Crippen LogP contribution < -0.4 is 15.7 Å². The van der Waals surface area contributed by atoms with E-state index >= 15 is 0 Å². The number of nitrogens with zero attached hydrogens (tertiary/aromatic N) is 1. The first-order chi connectivity index (χ1) is 11.0. The highest BCUT2D eigenvalue weighted by molar-refractivity contribution is 5.83. The topological polar surface area (TPSA) is 120 Å². The van der Waals surface area contributed by atoms with Gasteiger partial charge in [0, 0.05) is 17.7 Å². The third-order valence-electron chi connectivity index (χ3n) is 3.30. The molecule has 0 radical (unpaired) electrons. The van der Waals surface area contributed by atoms with Gasteiger partial charge in [-0.1, -0.05) is 0 Å². The second-order valence-corrected chi connectivity index (χ2v) is 4.91. The molecule has 1 aromatic heterocycles. The van der Waals surface area contributed by atoms with Crippen molar-refractivity contribution in [3.63, 3.8) is 0 Å². The largest absolute Gasteiger partial charge is 0.504 e. The van der Waals surface area contributed by atoms with Crippen LogP contribution in [0.3, 0.4) is 0 Å². The zero-order valence-corrected chi connectivity index (χ0v) is 12.8. The lowest BCUT2D eigenvalue weighted by molar-refractivity contribution is -0.121. The maximum absolute atomic E-state index is 11.7. The summed E-state index contributed by atoms with van der Waals surface area (Å²) in [6, 6.07) is 4.70. The first kappa shape index (κ1) is 16.3. The molecule has 1 amide bonds. The molecule has 2 aromatic rings. The van der Waals surface area contributed by atoms with Gasteiger partial charge in [0.15, 0.2) is 11.5 Å². The number of hydrogen-bond acceptors (Lipinski definition) is 5. The summed E-state index contributed by atoms with van der Waals surface area (Å²) in [6.45, 7) is 1.77. The summed E-state index contributed by atoms with van der Waals surface area (Å²) in [7, 11) is 1.45. The molecule has 122 valence electrons. The van der Waals surface area contributed by atoms with Crippen molar-refractivity contribution < 1.29 is 14.6 Å². The Balaban J connectivity index is 1.88. The Kier molecular flexibility index (Phi) is 5.19. The number of ether oxygens (including phenoxy) is 1. The molecule has 0 aliphatic heterocycles. The van der Waals surface area contributed by atoms with Gasteiger partial charge >= 0.3 is 0 Å². The van der Waals surface area contributed by atoms with E-state index in [1.807, 2.05) is 0 Å². The van der Waals surface area contributed by atoms with Crippen LogP contribution in [-0.4, -0.2) is 34.5 Å². The van der Waals surface area contributed by atoms with Crippen LogP contribution in [0.1, 0.15) is 23.2 Å². The average molecular weight is 318 g/mol. The van der Waals surface area contributed by atoms with Gasteiger partial charge in [-0.3, -0.25) is 14.7 Å². The maximum Gasteiger partial charge on any atom is 0.267 e. The fourth-order valence-electron chi connectivity index (χ4n) is 2.02. The predicted molar refractivity (Wildman–Crippen MR) is 84.9 cm³/mol. The zero-order chi connectivity index (χ0) is 16.8. The normalized spacial score (nSPS) is 10.9. The fraction of sp³-hybridized carbons (Fsp3) is 0.267. The quantitative estimate of drug-likeness (QED) is 0.465. The minimum absolute atomic E-state index is 0.0285. The third-order valence-corrected chi connectivity index (χ3v) is 3.30. The monoisotopic (exact) mass is 318 g/mol. The average Bonchev–Trinajstić information content (AvgIpc) is 2.85. The van der Waals surface area contributed by atoms with Crippen LogP contribution in [0.2, 0.25) is 0 Å². The van der Waals surface area contributed by atoms with E-state index in [2.05, 4.69) is 20.7 Å². The van der Waals surface area contributed by atoms with Gasteiger partial charge in [-0.15, -0.1) is 0 Å². The summed E-state index contributed by atoms with van der Waals surface area (Å²) in [4.78, 5) is 23.2. The Hall–Kier alpha value is -3.03. The minimum atomic E-state index is -0.299. The van der Waals surface area contributed by atoms with Gasteiger partial charge in [0.25, 0.3) is 5.56 Å². The van der Waals surface area contributed by atoms with Gasteiger partial charge in [0.1, 0.15) is 0 Å². The SMILES string of the molecule is COc1cc(C=NNC(=O)CCc2c(C)[nH][nH]c2=O)ccc1O. The molecule has 8 nitrogen and oxygen atoms in total. The molecule has 0 spiro atoms. The molecule has 8 heteroatoms. The molecule has 0 aliphatic carbocycles. The number of H-pyrrole nitrogens is 2. The molecule has 0 unspecified atom stereocenters. The van der Waals surface area contributed by atoms with E-state index in [1.165, 1.54) is 19.4 Å². The Bertz CT molecular complexity index is 776. The molecule has 0 saturated carbocycles. The van der Waals surface area contributed by atoms with E-state index < -0.39 is 0 Å². The number of carbonyl (C=O) groups is 1. The van der Waals surface area contributed by atoms with E-state index in [-0.39, 0.29) is 23.6 Å². The second-order valence-electron chi connectivity index (χ2n) is 4.91. The number of hydrazone groups is 1. The number of methoxy groups -OCH3 is 1. The summed E-state index contributed by atoms with van der Waals surface area (Å²) in [5.41, 5.74) is 4.13. The number of aromatic hydroxyl groups is 1. The van der Waals surface area contributed by atoms with Gasteiger partial charge in [-0.2, -0.15) is 5.10 Å². The van der Waals surface area contributed by atoms with Crippen LogP contribution in [-0.2, 0) is 11.2 Å². The second kappa shape index (κ2) is 7.30. The summed E-state index contributed by atoms with van der Waals surface area (Å²) < 4.78 is 4.98. The van der Waals surface area contributed by atoms with Crippen LogP contribution in [0.5, 0.6) is 11.5 Å². The molecule has 0 bridgehead atoms.